The molecule has 1 aliphatic heterocycles. The Morgan fingerprint density at radius 1 is 0.968 bits per heavy atom. The highest BCUT2D eigenvalue weighted by Gasteiger charge is 2.31. The van der Waals surface area contributed by atoms with Crippen LogP contribution in [-0.4, -0.2) is 21.6 Å². The van der Waals surface area contributed by atoms with E-state index in [1.807, 2.05) is 5.38 Å². The number of hydrogen-bond acceptors (Lipinski definition) is 5. The lowest BCUT2D eigenvalue weighted by molar-refractivity contribution is -0.137. The van der Waals surface area contributed by atoms with Crippen LogP contribution in [0.15, 0.2) is 60.0 Å². The number of rotatable bonds is 6. The van der Waals surface area contributed by atoms with Crippen molar-refractivity contribution in [3.8, 4) is 11.5 Å². The Balaban J connectivity index is 1.69. The molecule has 0 unspecified atom stereocenters. The van der Waals surface area contributed by atoms with Gasteiger partial charge in [-0.3, -0.25) is 4.31 Å². The Bertz CT molecular complexity index is 1160. The molecule has 1 aliphatic rings. The molecule has 0 radical (unpaired) electrons. The van der Waals surface area contributed by atoms with Crippen molar-refractivity contribution in [2.45, 2.75) is 18.5 Å². The molecule has 31 heavy (non-hydrogen) atoms. The molecule has 4 rings (SSSR count). The molecule has 0 N–H and O–H groups in total. The molecule has 0 atom stereocenters. The molecule has 0 saturated heterocycles. The number of anilines is 1. The average molecular weight is 470 g/mol. The van der Waals surface area contributed by atoms with Gasteiger partial charge in [-0.15, -0.1) is 11.3 Å². The van der Waals surface area contributed by atoms with Gasteiger partial charge in [0.2, 0.25) is 10.0 Å². The summed E-state index contributed by atoms with van der Waals surface area (Å²) in [5, 5.41) is 1.83. The third-order valence-corrected chi connectivity index (χ3v) is 7.20. The number of ether oxygens (including phenoxy) is 2. The summed E-state index contributed by atoms with van der Waals surface area (Å²) >= 11 is 1.39. The quantitative estimate of drug-likeness (QED) is 0.506. The van der Waals surface area contributed by atoms with Crippen molar-refractivity contribution in [3.05, 3.63) is 76.0 Å². The van der Waals surface area contributed by atoms with Crippen LogP contribution >= 0.6 is 11.3 Å². The van der Waals surface area contributed by atoms with Gasteiger partial charge in [0.25, 0.3) is 0 Å². The summed E-state index contributed by atoms with van der Waals surface area (Å²) in [6.07, 6.45) is -4.55. The van der Waals surface area contributed by atoms with E-state index in [4.69, 9.17) is 9.47 Å². The molecule has 0 amide bonds. The largest absolute Gasteiger partial charge is 0.486 e. The van der Waals surface area contributed by atoms with E-state index in [1.54, 1.807) is 30.3 Å². The number of nitrogens with zero attached hydrogens (tertiary/aromatic N) is 1. The summed E-state index contributed by atoms with van der Waals surface area (Å²) in [6, 6.07) is 12.8. The monoisotopic (exact) mass is 469 g/mol. The van der Waals surface area contributed by atoms with Crippen molar-refractivity contribution in [2.24, 2.45) is 0 Å². The first-order valence-electron chi connectivity index (χ1n) is 9.31. The molecule has 1 aromatic heterocycles. The molecule has 0 bridgehead atoms. The Labute approximate surface area is 181 Å². The molecule has 0 spiro atoms. The summed E-state index contributed by atoms with van der Waals surface area (Å²) < 4.78 is 78.1. The molecule has 0 aliphatic carbocycles. The Hall–Kier alpha value is -2.72. The third-order valence-electron chi connectivity index (χ3n) is 4.63. The van der Waals surface area contributed by atoms with E-state index in [2.05, 4.69) is 0 Å². The molecular weight excluding hydrogens is 451 g/mol. The van der Waals surface area contributed by atoms with Gasteiger partial charge in [0.15, 0.2) is 11.5 Å². The van der Waals surface area contributed by atoms with E-state index in [1.165, 1.54) is 27.8 Å². The van der Waals surface area contributed by atoms with Crippen LogP contribution in [0.5, 0.6) is 11.5 Å². The summed E-state index contributed by atoms with van der Waals surface area (Å²) in [5.74, 6) is 0.368. The topological polar surface area (TPSA) is 55.8 Å². The minimum absolute atomic E-state index is 0.0542. The second-order valence-electron chi connectivity index (χ2n) is 6.87. The van der Waals surface area contributed by atoms with Gasteiger partial charge in [-0.2, -0.15) is 13.2 Å². The fourth-order valence-corrected chi connectivity index (χ4v) is 5.51. The van der Waals surface area contributed by atoms with Gasteiger partial charge in [0.1, 0.15) is 13.2 Å². The minimum atomic E-state index is -4.55. The first-order valence-corrected chi connectivity index (χ1v) is 11.8. The van der Waals surface area contributed by atoms with Crippen molar-refractivity contribution in [1.82, 2.24) is 0 Å². The lowest BCUT2D eigenvalue weighted by Crippen LogP contribution is -2.31. The number of sulfonamides is 1. The summed E-state index contributed by atoms with van der Waals surface area (Å²) in [7, 11) is -4.02. The van der Waals surface area contributed by atoms with Crippen molar-refractivity contribution >= 4 is 27.0 Å². The SMILES string of the molecule is O=S(=O)(Cc1cccc(C(F)(F)F)c1)N(Cc1cccs1)c1ccc2c(c1)OCCO2. The fourth-order valence-electron chi connectivity index (χ4n) is 3.21. The number of alkyl halides is 3. The molecule has 164 valence electrons. The van der Waals surface area contributed by atoms with E-state index in [-0.39, 0.29) is 12.1 Å². The zero-order valence-corrected chi connectivity index (χ0v) is 17.8. The maximum atomic E-state index is 13.3. The second-order valence-corrected chi connectivity index (χ2v) is 9.79. The van der Waals surface area contributed by atoms with Gasteiger partial charge in [0.05, 0.1) is 23.5 Å². The fraction of sp³-hybridized carbons (Fsp3) is 0.238. The number of thiophene rings is 1. The van der Waals surface area contributed by atoms with Crippen LogP contribution < -0.4 is 13.8 Å². The first-order chi connectivity index (χ1) is 14.7. The van der Waals surface area contributed by atoms with Gasteiger partial charge in [-0.05, 0) is 35.2 Å². The van der Waals surface area contributed by atoms with Crippen molar-refractivity contribution in [3.63, 3.8) is 0 Å². The molecule has 0 saturated carbocycles. The van der Waals surface area contributed by atoms with E-state index < -0.39 is 27.5 Å². The molecule has 2 aromatic carbocycles. The van der Waals surface area contributed by atoms with E-state index in [0.717, 1.165) is 17.0 Å². The van der Waals surface area contributed by atoms with Crippen molar-refractivity contribution < 1.29 is 31.1 Å². The minimum Gasteiger partial charge on any atom is -0.486 e. The van der Waals surface area contributed by atoms with Gasteiger partial charge in [-0.25, -0.2) is 8.42 Å². The van der Waals surface area contributed by atoms with Crippen LogP contribution in [0.4, 0.5) is 18.9 Å². The summed E-state index contributed by atoms with van der Waals surface area (Å²) in [6.45, 7) is 0.802. The van der Waals surface area contributed by atoms with Gasteiger partial charge in [-0.1, -0.05) is 24.3 Å². The maximum absolute atomic E-state index is 13.3. The van der Waals surface area contributed by atoms with E-state index in [0.29, 0.717) is 30.4 Å². The zero-order valence-electron chi connectivity index (χ0n) is 16.1. The summed E-state index contributed by atoms with van der Waals surface area (Å²) in [5.41, 5.74) is -0.475. The Morgan fingerprint density at radius 2 is 1.74 bits per heavy atom. The van der Waals surface area contributed by atoms with Crippen LogP contribution in [0.3, 0.4) is 0 Å². The van der Waals surface area contributed by atoms with Crippen molar-refractivity contribution in [2.75, 3.05) is 17.5 Å². The Morgan fingerprint density at radius 3 is 2.45 bits per heavy atom. The van der Waals surface area contributed by atoms with Gasteiger partial charge >= 0.3 is 6.18 Å². The molecular formula is C21H18F3NO4S2. The molecule has 10 heteroatoms. The van der Waals surface area contributed by atoms with Crippen LogP contribution in [0, 0.1) is 0 Å². The molecule has 0 fully saturated rings. The molecule has 5 nitrogen and oxygen atoms in total. The molecule has 2 heterocycles. The highest BCUT2D eigenvalue weighted by molar-refractivity contribution is 7.92. The van der Waals surface area contributed by atoms with E-state index in [9.17, 15) is 21.6 Å². The highest BCUT2D eigenvalue weighted by Crippen LogP contribution is 2.36. The van der Waals surface area contributed by atoms with Crippen LogP contribution in [0.25, 0.3) is 0 Å². The van der Waals surface area contributed by atoms with E-state index >= 15 is 0 Å². The third kappa shape index (κ3) is 4.96. The first kappa shape index (κ1) is 21.5. The lowest BCUT2D eigenvalue weighted by atomic mass is 10.1. The summed E-state index contributed by atoms with van der Waals surface area (Å²) in [4.78, 5) is 0.794. The van der Waals surface area contributed by atoms with Gasteiger partial charge < -0.3 is 9.47 Å². The standard InChI is InChI=1S/C21H18F3NO4S2/c22-21(23,24)16-4-1-3-15(11-16)14-31(26,27)25(13-18-5-2-10-30-18)17-6-7-19-20(12-17)29-9-8-28-19/h1-7,10-12H,8-9,13-14H2. The van der Waals surface area contributed by atoms with Crippen LogP contribution in [-0.2, 0) is 28.5 Å². The predicted octanol–water partition coefficient (Wildman–Crippen LogP) is 5.07. The number of benzene rings is 2. The van der Waals surface area contributed by atoms with Crippen LogP contribution in [0.2, 0.25) is 0 Å². The zero-order chi connectivity index (χ0) is 22.1. The number of hydrogen-bond donors (Lipinski definition) is 0. The predicted molar refractivity (Wildman–Crippen MR) is 112 cm³/mol. The lowest BCUT2D eigenvalue weighted by Gasteiger charge is -2.26. The number of fused-ring (bicyclic) bond motifs is 1. The highest BCUT2D eigenvalue weighted by atomic mass is 32.2. The maximum Gasteiger partial charge on any atom is 0.416 e. The van der Waals surface area contributed by atoms with Crippen molar-refractivity contribution in [1.29, 1.82) is 0 Å². The second kappa shape index (κ2) is 8.43. The average Bonchev–Trinajstić information content (AvgIpc) is 3.24. The normalized spacial score (nSPS) is 13.8. The van der Waals surface area contributed by atoms with Crippen LogP contribution in [0.1, 0.15) is 16.0 Å². The number of halogens is 3. The molecule has 3 aromatic rings. The Kier molecular flexibility index (Phi) is 5.85. The van der Waals surface area contributed by atoms with Gasteiger partial charge in [0, 0.05) is 10.9 Å². The smallest absolute Gasteiger partial charge is 0.416 e.